The Morgan fingerprint density at radius 3 is 1.11 bits per heavy atom. The number of nitrogens with one attached hydrogen (secondary N) is 1. The van der Waals surface area contributed by atoms with Crippen LogP contribution in [0.15, 0.2) is 72.8 Å². The first-order valence-corrected chi connectivity index (χ1v) is 18.9. The molecule has 3 atom stereocenters. The van der Waals surface area contributed by atoms with Gasteiger partial charge >= 0.3 is 0 Å². The molecular formula is C42H67N4+. The van der Waals surface area contributed by atoms with Crippen molar-refractivity contribution >= 4 is 34.1 Å². The van der Waals surface area contributed by atoms with Gasteiger partial charge in [0.15, 0.2) is 0 Å². The Hall–Kier alpha value is -2.98. The van der Waals surface area contributed by atoms with E-state index in [1.807, 2.05) is 0 Å². The van der Waals surface area contributed by atoms with Crippen LogP contribution in [0.1, 0.15) is 120 Å². The van der Waals surface area contributed by atoms with Crippen LogP contribution in [0.4, 0.5) is 34.1 Å². The highest BCUT2D eigenvalue weighted by Crippen LogP contribution is 2.32. The predicted octanol–water partition coefficient (Wildman–Crippen LogP) is 11.1. The normalized spacial score (nSPS) is 13.3. The van der Waals surface area contributed by atoms with E-state index >= 15 is 0 Å². The monoisotopic (exact) mass is 628 g/mol. The third-order valence-corrected chi connectivity index (χ3v) is 9.76. The minimum Gasteiger partial charge on any atom is -0.372 e. The fourth-order valence-electron chi connectivity index (χ4n) is 6.39. The molecule has 0 aliphatic rings. The Balaban J connectivity index is 1.88. The average molecular weight is 628 g/mol. The van der Waals surface area contributed by atoms with Crippen molar-refractivity contribution in [3.8, 4) is 0 Å². The number of nitrogens with zero attached hydrogens (tertiary/aromatic N) is 3. The molecule has 3 aromatic rings. The van der Waals surface area contributed by atoms with Crippen molar-refractivity contribution in [1.82, 2.24) is 0 Å². The summed E-state index contributed by atoms with van der Waals surface area (Å²) < 4.78 is 0. The summed E-state index contributed by atoms with van der Waals surface area (Å²) in [5.41, 5.74) is 7.93. The van der Waals surface area contributed by atoms with Gasteiger partial charge in [-0.15, -0.1) is 0 Å². The molecule has 4 nitrogen and oxygen atoms in total. The average Bonchev–Trinajstić information content (AvgIpc) is 3.10. The van der Waals surface area contributed by atoms with E-state index in [9.17, 15) is 0 Å². The maximum atomic E-state index is 2.58. The van der Waals surface area contributed by atoms with Crippen molar-refractivity contribution in [3.05, 3.63) is 72.8 Å². The quantitative estimate of drug-likeness (QED) is 0.119. The highest BCUT2D eigenvalue weighted by Gasteiger charge is 2.23. The summed E-state index contributed by atoms with van der Waals surface area (Å²) in [7, 11) is 0. The van der Waals surface area contributed by atoms with Crippen LogP contribution >= 0.6 is 0 Å². The van der Waals surface area contributed by atoms with E-state index in [4.69, 9.17) is 0 Å². The molecule has 3 aromatic carbocycles. The fourth-order valence-corrected chi connectivity index (χ4v) is 6.39. The largest absolute Gasteiger partial charge is 0.372 e. The summed E-state index contributed by atoms with van der Waals surface area (Å²) in [4.78, 5) is 9.13. The zero-order chi connectivity index (χ0) is 33.3. The SMILES string of the molecule is CCCCN(CCCC)c1ccc(N(c2ccc([NH+](c3ccc(N(CCCC)CCCC)cc3)C(C)CC)cc2)C(C)CC)cc1. The zero-order valence-electron chi connectivity index (χ0n) is 30.8. The molecule has 0 aromatic heterocycles. The number of hydrogen-bond donors (Lipinski definition) is 1. The van der Waals surface area contributed by atoms with Gasteiger partial charge in [0.05, 0.1) is 6.04 Å². The third-order valence-electron chi connectivity index (χ3n) is 9.76. The maximum absolute atomic E-state index is 2.58. The van der Waals surface area contributed by atoms with Crippen LogP contribution in [0.2, 0.25) is 0 Å². The van der Waals surface area contributed by atoms with Gasteiger partial charge in [-0.25, -0.2) is 0 Å². The first kappa shape index (κ1) is 37.5. The van der Waals surface area contributed by atoms with Crippen molar-refractivity contribution in [3.63, 3.8) is 0 Å². The first-order valence-electron chi connectivity index (χ1n) is 18.9. The summed E-state index contributed by atoms with van der Waals surface area (Å²) in [5, 5.41) is 0. The molecule has 0 saturated heterocycles. The lowest BCUT2D eigenvalue weighted by molar-refractivity contribution is -0.789. The topological polar surface area (TPSA) is 14.2 Å². The molecule has 3 unspecified atom stereocenters. The predicted molar refractivity (Wildman–Crippen MR) is 205 cm³/mol. The lowest BCUT2D eigenvalue weighted by Crippen LogP contribution is -3.06. The Bertz CT molecular complexity index is 1090. The molecule has 46 heavy (non-hydrogen) atoms. The number of quaternary nitrogens is 1. The first-order chi connectivity index (χ1) is 22.4. The number of hydrogen-bond acceptors (Lipinski definition) is 3. The molecule has 254 valence electrons. The number of anilines is 4. The molecule has 0 bridgehead atoms. The standard InChI is InChI=1S/C42H66N4/c1-9-15-31-43(32-16-10-2)37-19-23-39(24-20-37)45(35(7)13-5)41-27-29-42(30-28-41)46(36(8)14-6)40-25-21-38(22-26-40)44(33-17-11-3)34-18-12-4/h19-30,35-36H,9-18,31-34H2,1-8H3/p+1. The van der Waals surface area contributed by atoms with Crippen molar-refractivity contribution < 1.29 is 4.90 Å². The van der Waals surface area contributed by atoms with Gasteiger partial charge in [0, 0.05) is 79.2 Å². The summed E-state index contributed by atoms with van der Waals surface area (Å²) in [6, 6.07) is 29.1. The lowest BCUT2D eigenvalue weighted by Gasteiger charge is -2.32. The molecule has 3 rings (SSSR count). The molecular weight excluding hydrogens is 560 g/mol. The van der Waals surface area contributed by atoms with Crippen LogP contribution < -0.4 is 19.6 Å². The fraction of sp³-hybridized carbons (Fsp3) is 0.571. The van der Waals surface area contributed by atoms with Crippen LogP contribution in [0.25, 0.3) is 0 Å². The van der Waals surface area contributed by atoms with E-state index in [0.29, 0.717) is 12.1 Å². The minimum absolute atomic E-state index is 0.405. The van der Waals surface area contributed by atoms with Crippen LogP contribution in [0.3, 0.4) is 0 Å². The third kappa shape index (κ3) is 10.5. The van der Waals surface area contributed by atoms with E-state index < -0.39 is 0 Å². The number of rotatable bonds is 22. The van der Waals surface area contributed by atoms with E-state index in [1.165, 1.54) is 90.4 Å². The number of benzene rings is 3. The molecule has 0 aliphatic carbocycles. The van der Waals surface area contributed by atoms with Gasteiger partial charge in [0.2, 0.25) is 0 Å². The maximum Gasteiger partial charge on any atom is 0.136 e. The Labute approximate surface area is 283 Å². The summed E-state index contributed by atoms with van der Waals surface area (Å²) in [6.45, 7) is 23.0. The highest BCUT2D eigenvalue weighted by molar-refractivity contribution is 5.67. The molecule has 0 radical (unpaired) electrons. The summed E-state index contributed by atoms with van der Waals surface area (Å²) >= 11 is 0. The molecule has 0 heterocycles. The van der Waals surface area contributed by atoms with E-state index in [0.717, 1.165) is 39.0 Å². The second-order valence-corrected chi connectivity index (χ2v) is 13.3. The smallest absolute Gasteiger partial charge is 0.136 e. The summed E-state index contributed by atoms with van der Waals surface area (Å²) in [6.07, 6.45) is 12.1. The molecule has 0 spiro atoms. The second-order valence-electron chi connectivity index (χ2n) is 13.3. The van der Waals surface area contributed by atoms with E-state index in [1.54, 1.807) is 0 Å². The van der Waals surface area contributed by atoms with Crippen molar-refractivity contribution in [1.29, 1.82) is 0 Å². The minimum atomic E-state index is 0.405. The van der Waals surface area contributed by atoms with Gasteiger partial charge in [-0.2, -0.15) is 0 Å². The second kappa shape index (κ2) is 20.3. The van der Waals surface area contributed by atoms with Crippen molar-refractivity contribution in [2.24, 2.45) is 0 Å². The van der Waals surface area contributed by atoms with E-state index in [-0.39, 0.29) is 0 Å². The molecule has 0 aliphatic heterocycles. The molecule has 1 N–H and O–H groups in total. The molecule has 4 heteroatoms. The van der Waals surface area contributed by atoms with Gasteiger partial charge in [0.1, 0.15) is 11.4 Å². The Morgan fingerprint density at radius 1 is 0.457 bits per heavy atom. The Kier molecular flexibility index (Phi) is 16.5. The van der Waals surface area contributed by atoms with Gasteiger partial charge in [-0.1, -0.05) is 67.2 Å². The van der Waals surface area contributed by atoms with Crippen LogP contribution in [0, 0.1) is 0 Å². The Morgan fingerprint density at radius 2 is 0.783 bits per heavy atom. The van der Waals surface area contributed by atoms with Crippen molar-refractivity contribution in [2.75, 3.05) is 40.9 Å². The van der Waals surface area contributed by atoms with Crippen LogP contribution in [-0.2, 0) is 0 Å². The summed E-state index contributed by atoms with van der Waals surface area (Å²) in [5.74, 6) is 0. The zero-order valence-corrected chi connectivity index (χ0v) is 30.8. The van der Waals surface area contributed by atoms with Gasteiger partial charge in [0.25, 0.3) is 0 Å². The van der Waals surface area contributed by atoms with Gasteiger partial charge in [-0.3, -0.25) is 4.90 Å². The van der Waals surface area contributed by atoms with E-state index in [2.05, 4.69) is 143 Å². The van der Waals surface area contributed by atoms with Crippen LogP contribution in [0.5, 0.6) is 0 Å². The molecule has 0 amide bonds. The molecule has 0 fully saturated rings. The lowest BCUT2D eigenvalue weighted by atomic mass is 10.1. The number of unbranched alkanes of at least 4 members (excludes halogenated alkanes) is 4. The van der Waals surface area contributed by atoms with Crippen molar-refractivity contribution in [2.45, 2.75) is 132 Å². The molecule has 0 saturated carbocycles. The van der Waals surface area contributed by atoms with Crippen LogP contribution in [-0.4, -0.2) is 38.3 Å². The van der Waals surface area contributed by atoms with Gasteiger partial charge in [-0.05, 0) is 101 Å². The highest BCUT2D eigenvalue weighted by atomic mass is 15.2. The van der Waals surface area contributed by atoms with Gasteiger partial charge < -0.3 is 14.7 Å².